The zero-order valence-corrected chi connectivity index (χ0v) is 15.5. The molecular weight excluding hydrogens is 344 g/mol. The van der Waals surface area contributed by atoms with E-state index in [4.69, 9.17) is 4.52 Å². The Balaban J connectivity index is 1.42. The second kappa shape index (κ2) is 7.78. The van der Waals surface area contributed by atoms with Crippen LogP contribution in [0.25, 0.3) is 11.5 Å². The van der Waals surface area contributed by atoms with Gasteiger partial charge in [-0.15, -0.1) is 0 Å². The molecule has 1 aromatic carbocycles. The van der Waals surface area contributed by atoms with Crippen LogP contribution in [0.4, 0.5) is 0 Å². The van der Waals surface area contributed by atoms with Crippen LogP contribution in [0.5, 0.6) is 0 Å². The molecule has 7 nitrogen and oxygen atoms in total. The number of amides is 1. The highest BCUT2D eigenvalue weighted by Crippen LogP contribution is 2.39. The molecule has 7 heteroatoms. The lowest BCUT2D eigenvalue weighted by molar-refractivity contribution is -0.140. The van der Waals surface area contributed by atoms with Gasteiger partial charge in [0.2, 0.25) is 5.91 Å². The van der Waals surface area contributed by atoms with E-state index in [1.54, 1.807) is 0 Å². The Kier molecular flexibility index (Phi) is 5.22. The predicted molar refractivity (Wildman–Crippen MR) is 99.6 cm³/mol. The summed E-state index contributed by atoms with van der Waals surface area (Å²) in [4.78, 5) is 20.8. The molecule has 0 aliphatic carbocycles. The van der Waals surface area contributed by atoms with E-state index in [1.165, 1.54) is 0 Å². The van der Waals surface area contributed by atoms with Crippen LogP contribution in [0.1, 0.15) is 31.5 Å². The average molecular weight is 370 g/mol. The van der Waals surface area contributed by atoms with Gasteiger partial charge < -0.3 is 14.5 Å². The van der Waals surface area contributed by atoms with Crippen LogP contribution in [0.2, 0.25) is 0 Å². The molecule has 0 bridgehead atoms. The molecular formula is C20H26N4O3. The number of benzene rings is 1. The number of hydrogen-bond acceptors (Lipinski definition) is 6. The molecule has 2 aliphatic heterocycles. The second-order valence-electron chi connectivity index (χ2n) is 7.73. The number of aliphatic hydroxyl groups excluding tert-OH is 1. The number of hydrogen-bond donors (Lipinski definition) is 1. The lowest BCUT2D eigenvalue weighted by Gasteiger charge is -2.48. The molecule has 144 valence electrons. The van der Waals surface area contributed by atoms with Crippen molar-refractivity contribution in [3.8, 4) is 11.5 Å². The van der Waals surface area contributed by atoms with Gasteiger partial charge in [-0.05, 0) is 37.9 Å². The van der Waals surface area contributed by atoms with E-state index in [-0.39, 0.29) is 17.9 Å². The number of likely N-dealkylation sites (tertiary alicyclic amines) is 2. The first-order chi connectivity index (χ1) is 13.2. The minimum atomic E-state index is 0.0245. The van der Waals surface area contributed by atoms with Gasteiger partial charge in [0, 0.05) is 37.0 Å². The number of rotatable bonds is 5. The molecule has 2 fully saturated rings. The first-order valence-electron chi connectivity index (χ1n) is 9.66. The first-order valence-corrected chi connectivity index (χ1v) is 9.66. The standard InChI is InChI=1S/C20H26N4O3/c25-12-11-24-15-20(9-7-18(24)26)8-4-10-23(14-20)13-17-21-19(27-22-17)16-5-2-1-3-6-16/h1-3,5-6,25H,4,7-15H2/t20-/m1/s1. The smallest absolute Gasteiger partial charge is 0.257 e. The topological polar surface area (TPSA) is 82.7 Å². The summed E-state index contributed by atoms with van der Waals surface area (Å²) in [5, 5.41) is 13.4. The van der Waals surface area contributed by atoms with Crippen molar-refractivity contribution in [3.63, 3.8) is 0 Å². The monoisotopic (exact) mass is 370 g/mol. The van der Waals surface area contributed by atoms with E-state index in [9.17, 15) is 9.90 Å². The molecule has 1 N–H and O–H groups in total. The third kappa shape index (κ3) is 4.04. The Labute approximate surface area is 159 Å². The zero-order valence-electron chi connectivity index (χ0n) is 15.5. The lowest BCUT2D eigenvalue weighted by atomic mass is 9.73. The van der Waals surface area contributed by atoms with Gasteiger partial charge in [-0.2, -0.15) is 4.98 Å². The fraction of sp³-hybridized carbons (Fsp3) is 0.550. The minimum absolute atomic E-state index is 0.0245. The molecule has 0 unspecified atom stereocenters. The number of aliphatic hydroxyl groups is 1. The maximum Gasteiger partial charge on any atom is 0.257 e. The number of piperidine rings is 2. The molecule has 27 heavy (non-hydrogen) atoms. The highest BCUT2D eigenvalue weighted by atomic mass is 16.5. The summed E-state index contributed by atoms with van der Waals surface area (Å²) in [7, 11) is 0. The third-order valence-corrected chi connectivity index (χ3v) is 5.71. The van der Waals surface area contributed by atoms with Crippen molar-refractivity contribution >= 4 is 5.91 Å². The fourth-order valence-electron chi connectivity index (χ4n) is 4.42. The normalized spacial score (nSPS) is 23.9. The van der Waals surface area contributed by atoms with Crippen LogP contribution in [0.3, 0.4) is 0 Å². The summed E-state index contributed by atoms with van der Waals surface area (Å²) < 4.78 is 5.42. The van der Waals surface area contributed by atoms with Crippen LogP contribution in [-0.2, 0) is 11.3 Å². The molecule has 1 atom stereocenters. The number of carbonyl (C=O) groups excluding carboxylic acids is 1. The van der Waals surface area contributed by atoms with Crippen molar-refractivity contribution in [2.75, 3.05) is 32.8 Å². The van der Waals surface area contributed by atoms with Gasteiger partial charge in [0.15, 0.2) is 5.82 Å². The maximum absolute atomic E-state index is 12.1. The fourth-order valence-corrected chi connectivity index (χ4v) is 4.42. The number of β-amino-alcohol motifs (C(OH)–C–C–N with tert-alkyl or cyclic N) is 1. The molecule has 2 saturated heterocycles. The van der Waals surface area contributed by atoms with E-state index >= 15 is 0 Å². The highest BCUT2D eigenvalue weighted by Gasteiger charge is 2.41. The molecule has 1 amide bonds. The molecule has 2 aliphatic rings. The summed E-state index contributed by atoms with van der Waals surface area (Å²) in [5.74, 6) is 1.41. The summed E-state index contributed by atoms with van der Waals surface area (Å²) in [6.07, 6.45) is 3.73. The van der Waals surface area contributed by atoms with Gasteiger partial charge in [-0.3, -0.25) is 9.69 Å². The van der Waals surface area contributed by atoms with Gasteiger partial charge in [0.25, 0.3) is 5.89 Å². The maximum atomic E-state index is 12.1. The molecule has 2 aromatic rings. The molecule has 1 spiro atoms. The van der Waals surface area contributed by atoms with Crippen LogP contribution >= 0.6 is 0 Å². The Morgan fingerprint density at radius 2 is 2.04 bits per heavy atom. The Morgan fingerprint density at radius 1 is 1.19 bits per heavy atom. The van der Waals surface area contributed by atoms with Gasteiger partial charge in [0.05, 0.1) is 13.2 Å². The number of nitrogens with zero attached hydrogens (tertiary/aromatic N) is 4. The molecule has 3 heterocycles. The quantitative estimate of drug-likeness (QED) is 0.866. The summed E-state index contributed by atoms with van der Waals surface area (Å²) in [6.45, 7) is 3.79. The third-order valence-electron chi connectivity index (χ3n) is 5.71. The van der Waals surface area contributed by atoms with Crippen LogP contribution in [0.15, 0.2) is 34.9 Å². The minimum Gasteiger partial charge on any atom is -0.395 e. The second-order valence-corrected chi connectivity index (χ2v) is 7.73. The van der Waals surface area contributed by atoms with E-state index in [2.05, 4.69) is 15.0 Å². The van der Waals surface area contributed by atoms with Gasteiger partial charge in [-0.1, -0.05) is 23.4 Å². The van der Waals surface area contributed by atoms with Crippen molar-refractivity contribution in [3.05, 3.63) is 36.2 Å². The zero-order chi connectivity index (χ0) is 18.7. The van der Waals surface area contributed by atoms with Crippen LogP contribution < -0.4 is 0 Å². The van der Waals surface area contributed by atoms with Gasteiger partial charge in [-0.25, -0.2) is 0 Å². The van der Waals surface area contributed by atoms with Crippen molar-refractivity contribution in [2.45, 2.75) is 32.2 Å². The molecule has 0 saturated carbocycles. The SMILES string of the molecule is O=C1CC[C@@]2(CCCN(Cc3noc(-c4ccccc4)n3)C2)CN1CCO. The number of aromatic nitrogens is 2. The molecule has 0 radical (unpaired) electrons. The van der Waals surface area contributed by atoms with E-state index < -0.39 is 0 Å². The lowest BCUT2D eigenvalue weighted by Crippen LogP contribution is -2.54. The largest absolute Gasteiger partial charge is 0.395 e. The van der Waals surface area contributed by atoms with Gasteiger partial charge >= 0.3 is 0 Å². The van der Waals surface area contributed by atoms with Crippen LogP contribution in [-0.4, -0.2) is 63.7 Å². The molecule has 1 aromatic heterocycles. The van der Waals surface area contributed by atoms with Crippen molar-refractivity contribution in [2.24, 2.45) is 5.41 Å². The highest BCUT2D eigenvalue weighted by molar-refractivity contribution is 5.77. The predicted octanol–water partition coefficient (Wildman–Crippen LogP) is 1.93. The van der Waals surface area contributed by atoms with Gasteiger partial charge in [0.1, 0.15) is 0 Å². The van der Waals surface area contributed by atoms with Crippen molar-refractivity contribution in [1.82, 2.24) is 19.9 Å². The Bertz CT molecular complexity index is 779. The Hall–Kier alpha value is -2.25. The van der Waals surface area contributed by atoms with E-state index in [0.29, 0.717) is 31.2 Å². The number of carbonyl (C=O) groups is 1. The van der Waals surface area contributed by atoms with Crippen molar-refractivity contribution in [1.29, 1.82) is 0 Å². The van der Waals surface area contributed by atoms with E-state index in [1.807, 2.05) is 35.2 Å². The summed E-state index contributed by atoms with van der Waals surface area (Å²) in [5.41, 5.74) is 1.05. The summed E-state index contributed by atoms with van der Waals surface area (Å²) in [6, 6.07) is 9.79. The molecule has 4 rings (SSSR count). The Morgan fingerprint density at radius 3 is 2.85 bits per heavy atom. The van der Waals surface area contributed by atoms with E-state index in [0.717, 1.165) is 44.5 Å². The summed E-state index contributed by atoms with van der Waals surface area (Å²) >= 11 is 0. The first kappa shape index (κ1) is 18.1. The van der Waals surface area contributed by atoms with Crippen molar-refractivity contribution < 1.29 is 14.4 Å². The average Bonchev–Trinajstić information content (AvgIpc) is 3.15. The van der Waals surface area contributed by atoms with Crippen LogP contribution in [0, 0.1) is 5.41 Å².